The van der Waals surface area contributed by atoms with Crippen molar-refractivity contribution in [1.29, 1.82) is 0 Å². The first kappa shape index (κ1) is 23.7. The number of aryl methyl sites for hydroxylation is 1. The minimum atomic E-state index is -3.90. The summed E-state index contributed by atoms with van der Waals surface area (Å²) in [6.07, 6.45) is 4.39. The Hall–Kier alpha value is -2.96. The molecular weight excluding hydrogens is 414 g/mol. The van der Waals surface area contributed by atoms with Gasteiger partial charge in [-0.1, -0.05) is 66.9 Å². The summed E-state index contributed by atoms with van der Waals surface area (Å²) >= 11 is 0. The Morgan fingerprint density at radius 1 is 1.03 bits per heavy atom. The average Bonchev–Trinajstić information content (AvgIpc) is 2.82. The monoisotopic (exact) mass is 444 g/mol. The van der Waals surface area contributed by atoms with Crippen LogP contribution < -0.4 is 10.1 Å². The summed E-state index contributed by atoms with van der Waals surface area (Å²) in [5, 5.41) is 6.26. The first-order chi connectivity index (χ1) is 15.5. The van der Waals surface area contributed by atoms with Crippen molar-refractivity contribution in [2.75, 3.05) is 6.54 Å². The molecule has 0 bridgehead atoms. The molecule has 5 nitrogen and oxygen atoms in total. The second kappa shape index (κ2) is 12.2. The first-order valence-electron chi connectivity index (χ1n) is 11.1. The summed E-state index contributed by atoms with van der Waals surface area (Å²) < 4.78 is 32.9. The minimum absolute atomic E-state index is 0.0496. The zero-order valence-electron chi connectivity index (χ0n) is 18.1. The lowest BCUT2D eigenvalue weighted by molar-refractivity contribution is -0.193. The van der Waals surface area contributed by atoms with Crippen LogP contribution >= 0.6 is 0 Å². The highest BCUT2D eigenvalue weighted by molar-refractivity contribution is 5.82. The van der Waals surface area contributed by atoms with Crippen LogP contribution in [0.2, 0.25) is 0 Å². The van der Waals surface area contributed by atoms with E-state index < -0.39 is 12.0 Å². The highest BCUT2D eigenvalue weighted by Crippen LogP contribution is 2.25. The van der Waals surface area contributed by atoms with Gasteiger partial charge in [-0.25, -0.2) is 0 Å². The molecule has 0 spiro atoms. The van der Waals surface area contributed by atoms with Crippen molar-refractivity contribution in [2.24, 2.45) is 11.1 Å². The lowest BCUT2D eigenvalue weighted by Crippen LogP contribution is -2.46. The lowest BCUT2D eigenvalue weighted by Gasteiger charge is -2.23. The molecule has 1 fully saturated rings. The molecule has 1 aliphatic rings. The number of hydrogen-bond acceptors (Lipinski definition) is 4. The zero-order chi connectivity index (χ0) is 22.7. The molecule has 172 valence electrons. The Balaban J connectivity index is 1.37. The molecule has 0 unspecified atom stereocenters. The number of nitrogens with one attached hydrogen (secondary N) is 1. The molecular formula is C25H30F2N2O3. The van der Waals surface area contributed by atoms with E-state index in [2.05, 4.69) is 15.2 Å². The zero-order valence-corrected chi connectivity index (χ0v) is 18.1. The Kier molecular flexibility index (Phi) is 9.01. The van der Waals surface area contributed by atoms with Crippen LogP contribution in [0.25, 0.3) is 0 Å². The van der Waals surface area contributed by atoms with E-state index in [0.29, 0.717) is 19.4 Å². The van der Waals surface area contributed by atoms with Crippen LogP contribution in [0.15, 0.2) is 59.8 Å². The van der Waals surface area contributed by atoms with Gasteiger partial charge in [0, 0.05) is 12.8 Å². The highest BCUT2D eigenvalue weighted by atomic mass is 19.3. The number of nitrogens with zero attached hydrogens (tertiary/aromatic N) is 1. The highest BCUT2D eigenvalue weighted by Gasteiger charge is 2.42. The Morgan fingerprint density at radius 2 is 1.75 bits per heavy atom. The van der Waals surface area contributed by atoms with E-state index in [1.54, 1.807) is 18.3 Å². The third-order valence-electron chi connectivity index (χ3n) is 5.49. The van der Waals surface area contributed by atoms with Crippen LogP contribution in [0.4, 0.5) is 8.78 Å². The van der Waals surface area contributed by atoms with Gasteiger partial charge in [-0.15, -0.1) is 0 Å². The molecule has 1 amide bonds. The van der Waals surface area contributed by atoms with Gasteiger partial charge in [-0.05, 0) is 54.9 Å². The van der Waals surface area contributed by atoms with Crippen LogP contribution in [0, 0.1) is 5.92 Å². The van der Waals surface area contributed by atoms with Crippen LogP contribution in [0.5, 0.6) is 5.75 Å². The number of hydrogen-bond donors (Lipinski definition) is 1. The van der Waals surface area contributed by atoms with E-state index in [1.165, 1.54) is 18.6 Å². The van der Waals surface area contributed by atoms with Crippen molar-refractivity contribution in [1.82, 2.24) is 5.32 Å². The maximum absolute atomic E-state index is 14.1. The van der Waals surface area contributed by atoms with E-state index in [0.717, 1.165) is 36.8 Å². The van der Waals surface area contributed by atoms with Crippen molar-refractivity contribution in [3.63, 3.8) is 0 Å². The number of amides is 1. The molecule has 3 rings (SSSR count). The molecule has 2 aromatic rings. The standard InChI is InChI=1S/C25H30F2N2O3/c26-25(27,24(30)28-18-21-8-3-1-4-9-21)32-23-15-13-20(14-16-23)12-7-17-29-31-19-22-10-5-2-6-11-22/h2,5-6,10-11,13-17,21H,1,3-4,7-9,12,18-19H2,(H,28,30). The van der Waals surface area contributed by atoms with Crippen LogP contribution in [-0.4, -0.2) is 24.8 Å². The minimum Gasteiger partial charge on any atom is -0.425 e. The van der Waals surface area contributed by atoms with Gasteiger partial charge in [0.1, 0.15) is 12.4 Å². The number of benzene rings is 2. The third-order valence-corrected chi connectivity index (χ3v) is 5.49. The van der Waals surface area contributed by atoms with E-state index in [-0.39, 0.29) is 18.2 Å². The Bertz CT molecular complexity index is 851. The molecule has 0 aliphatic heterocycles. The SMILES string of the molecule is O=C(NCC1CCCCC1)C(F)(F)Oc1ccc(CCC=NOCc2ccccc2)cc1. The Labute approximate surface area is 187 Å². The number of halogens is 2. The van der Waals surface area contributed by atoms with E-state index in [1.807, 2.05) is 30.3 Å². The van der Waals surface area contributed by atoms with Crippen molar-refractivity contribution < 1.29 is 23.1 Å². The molecule has 0 radical (unpaired) electrons. The van der Waals surface area contributed by atoms with E-state index in [9.17, 15) is 13.6 Å². The maximum atomic E-state index is 14.1. The summed E-state index contributed by atoms with van der Waals surface area (Å²) in [4.78, 5) is 17.1. The Morgan fingerprint density at radius 3 is 2.47 bits per heavy atom. The topological polar surface area (TPSA) is 59.9 Å². The number of rotatable bonds is 11. The van der Waals surface area contributed by atoms with Gasteiger partial charge in [0.05, 0.1) is 0 Å². The number of carbonyl (C=O) groups excluding carboxylic acids is 1. The summed E-state index contributed by atoms with van der Waals surface area (Å²) in [7, 11) is 0. The second-order valence-corrected chi connectivity index (χ2v) is 8.06. The van der Waals surface area contributed by atoms with Crippen LogP contribution in [-0.2, 0) is 22.7 Å². The molecule has 2 aromatic carbocycles. The number of ether oxygens (including phenoxy) is 1. The molecule has 0 heterocycles. The van der Waals surface area contributed by atoms with Gasteiger partial charge in [0.25, 0.3) is 0 Å². The van der Waals surface area contributed by atoms with Gasteiger partial charge in [-0.3, -0.25) is 4.79 Å². The van der Waals surface area contributed by atoms with Gasteiger partial charge >= 0.3 is 12.0 Å². The molecule has 1 N–H and O–H groups in total. The predicted octanol–water partition coefficient (Wildman–Crippen LogP) is 5.49. The van der Waals surface area contributed by atoms with Gasteiger partial charge < -0.3 is 14.9 Å². The molecule has 32 heavy (non-hydrogen) atoms. The van der Waals surface area contributed by atoms with Gasteiger partial charge in [0.15, 0.2) is 0 Å². The summed E-state index contributed by atoms with van der Waals surface area (Å²) in [5.74, 6) is -1.17. The third kappa shape index (κ3) is 7.94. The lowest BCUT2D eigenvalue weighted by atomic mass is 9.89. The average molecular weight is 445 g/mol. The molecule has 7 heteroatoms. The fourth-order valence-electron chi connectivity index (χ4n) is 3.67. The van der Waals surface area contributed by atoms with Gasteiger partial charge in [-0.2, -0.15) is 8.78 Å². The fraction of sp³-hybridized carbons (Fsp3) is 0.440. The molecule has 0 aromatic heterocycles. The predicted molar refractivity (Wildman–Crippen MR) is 120 cm³/mol. The molecule has 1 aliphatic carbocycles. The maximum Gasteiger partial charge on any atom is 0.482 e. The molecule has 0 atom stereocenters. The first-order valence-corrected chi connectivity index (χ1v) is 11.1. The summed E-state index contributed by atoms with van der Waals surface area (Å²) in [5.41, 5.74) is 1.98. The quantitative estimate of drug-likeness (QED) is 0.368. The van der Waals surface area contributed by atoms with E-state index >= 15 is 0 Å². The van der Waals surface area contributed by atoms with Crippen LogP contribution in [0.1, 0.15) is 49.7 Å². The fourth-order valence-corrected chi connectivity index (χ4v) is 3.67. The van der Waals surface area contributed by atoms with Crippen molar-refractivity contribution in [3.05, 3.63) is 65.7 Å². The molecule has 0 saturated heterocycles. The number of alkyl halides is 2. The summed E-state index contributed by atoms with van der Waals surface area (Å²) in [6.45, 7) is 0.680. The van der Waals surface area contributed by atoms with Crippen molar-refractivity contribution >= 4 is 12.1 Å². The largest absolute Gasteiger partial charge is 0.482 e. The number of oxime groups is 1. The summed E-state index contributed by atoms with van der Waals surface area (Å²) in [6, 6.07) is 16.0. The van der Waals surface area contributed by atoms with Gasteiger partial charge in [0.2, 0.25) is 0 Å². The normalized spacial score (nSPS) is 14.9. The van der Waals surface area contributed by atoms with Crippen LogP contribution in [0.3, 0.4) is 0 Å². The smallest absolute Gasteiger partial charge is 0.425 e. The number of carbonyl (C=O) groups is 1. The second-order valence-electron chi connectivity index (χ2n) is 8.06. The molecule has 1 saturated carbocycles. The van der Waals surface area contributed by atoms with Crippen molar-refractivity contribution in [3.8, 4) is 5.75 Å². The van der Waals surface area contributed by atoms with E-state index in [4.69, 9.17) is 4.84 Å². The van der Waals surface area contributed by atoms with Crippen molar-refractivity contribution in [2.45, 2.75) is 57.7 Å².